The van der Waals surface area contributed by atoms with Crippen LogP contribution in [0.1, 0.15) is 5.56 Å². The van der Waals surface area contributed by atoms with E-state index in [-0.39, 0.29) is 24.0 Å². The van der Waals surface area contributed by atoms with E-state index < -0.39 is 17.1 Å². The van der Waals surface area contributed by atoms with Gasteiger partial charge in [0.05, 0.1) is 22.6 Å². The molecule has 4 amide bonds. The highest BCUT2D eigenvalue weighted by atomic mass is 79.9. The number of rotatable bonds is 7. The van der Waals surface area contributed by atoms with Crippen molar-refractivity contribution in [3.05, 3.63) is 61.9 Å². The van der Waals surface area contributed by atoms with Gasteiger partial charge in [0.2, 0.25) is 5.91 Å². The van der Waals surface area contributed by atoms with Crippen molar-refractivity contribution in [2.24, 2.45) is 0 Å². The maximum absolute atomic E-state index is 12.8. The van der Waals surface area contributed by atoms with Crippen molar-refractivity contribution in [3.8, 4) is 5.75 Å². The molecule has 2 aliphatic heterocycles. The number of amides is 4. The molecule has 2 aromatic carbocycles. The summed E-state index contributed by atoms with van der Waals surface area (Å²) in [7, 11) is 0. The van der Waals surface area contributed by atoms with Crippen LogP contribution in [-0.2, 0) is 19.1 Å². The van der Waals surface area contributed by atoms with Gasteiger partial charge < -0.3 is 19.7 Å². The van der Waals surface area contributed by atoms with Crippen LogP contribution < -0.4 is 10.1 Å². The Kier molecular flexibility index (Phi) is 8.83. The molecule has 36 heavy (non-hydrogen) atoms. The molecule has 0 atom stereocenters. The predicted molar refractivity (Wildman–Crippen MR) is 142 cm³/mol. The fourth-order valence-corrected chi connectivity index (χ4v) is 5.05. The second-order valence-corrected chi connectivity index (χ2v) is 10.6. The summed E-state index contributed by atoms with van der Waals surface area (Å²) in [4.78, 5) is 52.6. The molecular formula is C24H21Br2N3O6S. The van der Waals surface area contributed by atoms with E-state index in [1.807, 2.05) is 0 Å². The van der Waals surface area contributed by atoms with Gasteiger partial charge in [0, 0.05) is 23.2 Å². The highest BCUT2D eigenvalue weighted by Gasteiger charge is 2.36. The van der Waals surface area contributed by atoms with Gasteiger partial charge in [-0.05, 0) is 75.7 Å². The van der Waals surface area contributed by atoms with Crippen LogP contribution in [0.25, 0.3) is 6.08 Å². The fraction of sp³-hybridized carbons (Fsp3) is 0.250. The summed E-state index contributed by atoms with van der Waals surface area (Å²) < 4.78 is 12.4. The van der Waals surface area contributed by atoms with Crippen LogP contribution in [0, 0.1) is 0 Å². The Balaban J connectivity index is 1.35. The Hall–Kier alpha value is -2.67. The number of carbonyl (C=O) groups excluding carboxylic acids is 4. The number of benzene rings is 2. The first kappa shape index (κ1) is 26.4. The quantitative estimate of drug-likeness (QED) is 0.455. The molecule has 2 aromatic rings. The van der Waals surface area contributed by atoms with Crippen molar-refractivity contribution >= 4 is 78.3 Å². The minimum absolute atomic E-state index is 0.0981. The van der Waals surface area contributed by atoms with Gasteiger partial charge in [-0.3, -0.25) is 24.1 Å². The third-order valence-electron chi connectivity index (χ3n) is 5.27. The highest BCUT2D eigenvalue weighted by molar-refractivity contribution is 9.10. The third-order valence-corrected chi connectivity index (χ3v) is 7.33. The molecule has 0 spiro atoms. The molecule has 4 rings (SSSR count). The van der Waals surface area contributed by atoms with Crippen molar-refractivity contribution in [3.63, 3.8) is 0 Å². The Morgan fingerprint density at radius 1 is 1.08 bits per heavy atom. The Morgan fingerprint density at radius 3 is 2.50 bits per heavy atom. The lowest BCUT2D eigenvalue weighted by atomic mass is 10.2. The number of hydrogen-bond acceptors (Lipinski definition) is 7. The zero-order valence-electron chi connectivity index (χ0n) is 18.9. The van der Waals surface area contributed by atoms with Gasteiger partial charge in [0.1, 0.15) is 12.3 Å². The zero-order valence-corrected chi connectivity index (χ0v) is 22.9. The van der Waals surface area contributed by atoms with Crippen LogP contribution in [0.2, 0.25) is 0 Å². The third kappa shape index (κ3) is 6.75. The van der Waals surface area contributed by atoms with Gasteiger partial charge in [-0.1, -0.05) is 22.0 Å². The number of nitrogens with zero attached hydrogens (tertiary/aromatic N) is 2. The molecule has 0 aromatic heterocycles. The number of anilines is 1. The number of ether oxygens (including phenoxy) is 2. The SMILES string of the molecule is O=C(CN1C(=O)S/C(=C\c2ccc(OCC(=O)N3CCOCC3)c(Br)c2)C1=O)Nc1ccc(Br)cc1. The summed E-state index contributed by atoms with van der Waals surface area (Å²) in [6, 6.07) is 12.1. The first-order valence-electron chi connectivity index (χ1n) is 10.9. The highest BCUT2D eigenvalue weighted by Crippen LogP contribution is 2.34. The Morgan fingerprint density at radius 2 is 1.81 bits per heavy atom. The molecule has 0 aliphatic carbocycles. The normalized spacial score (nSPS) is 17.0. The number of nitrogens with one attached hydrogen (secondary N) is 1. The molecule has 188 valence electrons. The van der Waals surface area contributed by atoms with Crippen molar-refractivity contribution in [1.29, 1.82) is 0 Å². The van der Waals surface area contributed by atoms with Gasteiger partial charge in [0.25, 0.3) is 17.1 Å². The summed E-state index contributed by atoms with van der Waals surface area (Å²) >= 11 is 7.52. The molecule has 9 nitrogen and oxygen atoms in total. The van der Waals surface area contributed by atoms with Gasteiger partial charge in [-0.2, -0.15) is 0 Å². The van der Waals surface area contributed by atoms with Crippen molar-refractivity contribution in [2.45, 2.75) is 0 Å². The van der Waals surface area contributed by atoms with Crippen LogP contribution >= 0.6 is 43.6 Å². The topological polar surface area (TPSA) is 105 Å². The van der Waals surface area contributed by atoms with E-state index in [1.165, 1.54) is 0 Å². The number of hydrogen-bond donors (Lipinski definition) is 1. The van der Waals surface area contributed by atoms with Crippen LogP contribution in [0.15, 0.2) is 56.3 Å². The summed E-state index contributed by atoms with van der Waals surface area (Å²) in [6.45, 7) is 1.65. The minimum atomic E-state index is -0.538. The largest absolute Gasteiger partial charge is 0.483 e. The number of morpholine rings is 1. The van der Waals surface area contributed by atoms with Crippen LogP contribution in [0.3, 0.4) is 0 Å². The molecule has 0 radical (unpaired) electrons. The number of thioether (sulfide) groups is 1. The lowest BCUT2D eigenvalue weighted by Crippen LogP contribution is -2.43. The number of imide groups is 1. The van der Waals surface area contributed by atoms with E-state index >= 15 is 0 Å². The zero-order chi connectivity index (χ0) is 25.7. The maximum Gasteiger partial charge on any atom is 0.294 e. The van der Waals surface area contributed by atoms with E-state index in [0.29, 0.717) is 47.8 Å². The molecule has 2 saturated heterocycles. The van der Waals surface area contributed by atoms with E-state index in [4.69, 9.17) is 9.47 Å². The molecule has 0 unspecified atom stereocenters. The van der Waals surface area contributed by atoms with Gasteiger partial charge in [-0.25, -0.2) is 0 Å². The van der Waals surface area contributed by atoms with Crippen molar-refractivity contribution < 1.29 is 28.7 Å². The molecule has 2 fully saturated rings. The Labute approximate surface area is 228 Å². The van der Waals surface area contributed by atoms with E-state index in [9.17, 15) is 19.2 Å². The molecule has 2 aliphatic rings. The fourth-order valence-electron chi connectivity index (χ4n) is 3.43. The molecular weight excluding hydrogens is 618 g/mol. The monoisotopic (exact) mass is 637 g/mol. The van der Waals surface area contributed by atoms with Crippen LogP contribution in [0.5, 0.6) is 5.75 Å². The average molecular weight is 639 g/mol. The average Bonchev–Trinajstić information content (AvgIpc) is 3.12. The smallest absolute Gasteiger partial charge is 0.294 e. The van der Waals surface area contributed by atoms with Crippen LogP contribution in [0.4, 0.5) is 10.5 Å². The second-order valence-electron chi connectivity index (χ2n) is 7.79. The first-order valence-corrected chi connectivity index (χ1v) is 13.3. The lowest BCUT2D eigenvalue weighted by molar-refractivity contribution is -0.137. The van der Waals surface area contributed by atoms with Crippen LogP contribution in [-0.4, -0.2) is 72.2 Å². The number of halogens is 2. The summed E-state index contributed by atoms with van der Waals surface area (Å²) in [5.74, 6) is -0.654. The molecule has 0 saturated carbocycles. The standard InChI is InChI=1S/C24H21Br2N3O6S/c25-16-2-4-17(5-3-16)27-21(30)13-29-23(32)20(36-24(29)33)12-15-1-6-19(18(26)11-15)35-14-22(31)28-7-9-34-10-8-28/h1-6,11-12H,7-10,13-14H2,(H,27,30)/b20-12-. The molecule has 0 bridgehead atoms. The Bertz CT molecular complexity index is 1210. The lowest BCUT2D eigenvalue weighted by Gasteiger charge is -2.26. The summed E-state index contributed by atoms with van der Waals surface area (Å²) in [6.07, 6.45) is 1.57. The minimum Gasteiger partial charge on any atom is -0.483 e. The maximum atomic E-state index is 12.8. The first-order chi connectivity index (χ1) is 17.3. The number of carbonyl (C=O) groups is 4. The van der Waals surface area contributed by atoms with Crippen molar-refractivity contribution in [1.82, 2.24) is 9.80 Å². The summed E-state index contributed by atoms with van der Waals surface area (Å²) in [5, 5.41) is 2.15. The van der Waals surface area contributed by atoms with E-state index in [2.05, 4.69) is 37.2 Å². The summed E-state index contributed by atoms with van der Waals surface area (Å²) in [5.41, 5.74) is 1.21. The van der Waals surface area contributed by atoms with Gasteiger partial charge in [0.15, 0.2) is 6.61 Å². The van der Waals surface area contributed by atoms with Crippen molar-refractivity contribution in [2.75, 3.05) is 44.8 Å². The molecule has 12 heteroatoms. The predicted octanol–water partition coefficient (Wildman–Crippen LogP) is 4.12. The van der Waals surface area contributed by atoms with E-state index in [0.717, 1.165) is 21.1 Å². The second kappa shape index (κ2) is 12.0. The van der Waals surface area contributed by atoms with Gasteiger partial charge in [-0.15, -0.1) is 0 Å². The van der Waals surface area contributed by atoms with E-state index in [1.54, 1.807) is 53.4 Å². The molecule has 1 N–H and O–H groups in total. The van der Waals surface area contributed by atoms with Gasteiger partial charge >= 0.3 is 0 Å². The molecule has 2 heterocycles.